The number of hydrogen-bond acceptors (Lipinski definition) is 4. The third kappa shape index (κ3) is 3.74. The molecule has 7 heteroatoms. The van der Waals surface area contributed by atoms with E-state index in [-0.39, 0.29) is 12.5 Å². The minimum atomic E-state index is -0.879. The topological polar surface area (TPSA) is 90.7 Å². The second kappa shape index (κ2) is 7.94. The van der Waals surface area contributed by atoms with Crippen LogP contribution in [0.3, 0.4) is 0 Å². The molecule has 1 aliphatic heterocycles. The quantitative estimate of drug-likeness (QED) is 0.661. The van der Waals surface area contributed by atoms with Crippen molar-refractivity contribution >= 4 is 23.6 Å². The first-order chi connectivity index (χ1) is 14.4. The van der Waals surface area contributed by atoms with E-state index in [4.69, 9.17) is 14.9 Å². The lowest BCUT2D eigenvalue weighted by Crippen LogP contribution is -2.49. The molecule has 3 heterocycles. The molecule has 3 aromatic rings. The highest BCUT2D eigenvalue weighted by Gasteiger charge is 2.31. The van der Waals surface area contributed by atoms with Crippen LogP contribution < -0.4 is 15.4 Å². The second-order valence-electron chi connectivity index (χ2n) is 7.25. The Morgan fingerprint density at radius 2 is 2.00 bits per heavy atom. The average Bonchev–Trinajstić information content (AvgIpc) is 3.35. The Labute approximate surface area is 174 Å². The Hall–Kier alpha value is -3.74. The zero-order valence-electron chi connectivity index (χ0n) is 16.9. The zero-order chi connectivity index (χ0) is 21.3. The first kappa shape index (κ1) is 19.6. The number of carbonyl (C=O) groups is 2. The summed E-state index contributed by atoms with van der Waals surface area (Å²) in [4.78, 5) is 26.1. The molecule has 2 N–H and O–H groups in total. The lowest BCUT2D eigenvalue weighted by molar-refractivity contribution is -0.125. The molecule has 30 heavy (non-hydrogen) atoms. The Kier molecular flexibility index (Phi) is 5.18. The summed E-state index contributed by atoms with van der Waals surface area (Å²) in [5.74, 6) is 0.484. The molecule has 1 atom stereocenters. The molecule has 0 aliphatic carbocycles. The van der Waals surface area contributed by atoms with Crippen LogP contribution in [0, 0.1) is 13.8 Å². The number of aryl methyl sites for hydroxylation is 1. The van der Waals surface area contributed by atoms with Gasteiger partial charge in [-0.25, -0.2) is 0 Å². The fourth-order valence-electron chi connectivity index (χ4n) is 3.64. The maximum absolute atomic E-state index is 13.0. The highest BCUT2D eigenvalue weighted by molar-refractivity contribution is 6.05. The zero-order valence-corrected chi connectivity index (χ0v) is 16.9. The van der Waals surface area contributed by atoms with E-state index in [0.717, 1.165) is 22.7 Å². The molecule has 0 radical (unpaired) electrons. The van der Waals surface area contributed by atoms with Gasteiger partial charge in [-0.3, -0.25) is 9.59 Å². The number of para-hydroxylation sites is 2. The molecule has 1 aliphatic rings. The first-order valence-electron chi connectivity index (χ1n) is 9.67. The van der Waals surface area contributed by atoms with Crippen LogP contribution >= 0.6 is 0 Å². The highest BCUT2D eigenvalue weighted by atomic mass is 16.5. The van der Waals surface area contributed by atoms with Gasteiger partial charge in [0, 0.05) is 17.5 Å². The van der Waals surface area contributed by atoms with Crippen molar-refractivity contribution in [3.63, 3.8) is 0 Å². The van der Waals surface area contributed by atoms with Gasteiger partial charge in [0.15, 0.2) is 6.10 Å². The van der Waals surface area contributed by atoms with E-state index in [1.165, 1.54) is 11.0 Å². The molecule has 1 aromatic carbocycles. The number of hydrogen-bond donors (Lipinski definition) is 1. The molecule has 7 nitrogen and oxygen atoms in total. The lowest BCUT2D eigenvalue weighted by atomic mass is 10.1. The fraction of sp³-hybridized carbons (Fsp3) is 0.217. The van der Waals surface area contributed by atoms with Gasteiger partial charge in [0.2, 0.25) is 0 Å². The van der Waals surface area contributed by atoms with Gasteiger partial charge in [0.1, 0.15) is 11.5 Å². The number of amides is 2. The molecule has 0 bridgehead atoms. The minimum absolute atomic E-state index is 0.0764. The number of carbonyl (C=O) groups excluding carboxylic acids is 2. The number of aromatic nitrogens is 1. The first-order valence-corrected chi connectivity index (χ1v) is 9.67. The van der Waals surface area contributed by atoms with E-state index >= 15 is 0 Å². The maximum atomic E-state index is 13.0. The average molecular weight is 405 g/mol. The second-order valence-corrected chi connectivity index (χ2v) is 7.25. The van der Waals surface area contributed by atoms with Gasteiger partial charge >= 0.3 is 0 Å². The van der Waals surface area contributed by atoms with Crippen LogP contribution in [0.15, 0.2) is 59.2 Å². The van der Waals surface area contributed by atoms with Gasteiger partial charge in [-0.05, 0) is 55.8 Å². The molecule has 2 aromatic heterocycles. The number of nitrogens with two attached hydrogens (primary N) is 1. The number of ether oxygens (including phenoxy) is 1. The molecule has 4 rings (SSSR count). The van der Waals surface area contributed by atoms with Crippen molar-refractivity contribution in [1.29, 1.82) is 0 Å². The molecular formula is C23H23N3O4. The SMILES string of the molecule is Cc1cc(C=CC(=O)N2CC(C(N)=O)Oc3ccccc32)c(C)n1Cc1ccco1. The van der Waals surface area contributed by atoms with Crippen molar-refractivity contribution in [2.75, 3.05) is 11.4 Å². The number of rotatable bonds is 5. The number of fused-ring (bicyclic) bond motifs is 1. The molecule has 0 spiro atoms. The van der Waals surface area contributed by atoms with Crippen molar-refractivity contribution in [3.05, 3.63) is 77.5 Å². The van der Waals surface area contributed by atoms with Crippen molar-refractivity contribution in [1.82, 2.24) is 4.57 Å². The van der Waals surface area contributed by atoms with Crippen molar-refractivity contribution in [2.24, 2.45) is 5.73 Å². The highest BCUT2D eigenvalue weighted by Crippen LogP contribution is 2.33. The van der Waals surface area contributed by atoms with Gasteiger partial charge in [-0.2, -0.15) is 0 Å². The fourth-order valence-corrected chi connectivity index (χ4v) is 3.64. The molecule has 0 saturated carbocycles. The Balaban J connectivity index is 1.57. The Bertz CT molecular complexity index is 1110. The molecule has 154 valence electrons. The van der Waals surface area contributed by atoms with Crippen molar-refractivity contribution in [3.8, 4) is 5.75 Å². The van der Waals surface area contributed by atoms with Crippen LogP contribution in [-0.2, 0) is 16.1 Å². The molecule has 0 saturated heterocycles. The van der Waals surface area contributed by atoms with Crippen molar-refractivity contribution < 1.29 is 18.7 Å². The number of benzene rings is 1. The largest absolute Gasteiger partial charge is 0.477 e. The summed E-state index contributed by atoms with van der Waals surface area (Å²) in [5, 5.41) is 0. The standard InChI is InChI=1S/C23H23N3O4/c1-15-12-17(16(2)25(15)13-18-6-5-11-29-18)9-10-22(27)26-14-21(23(24)28)30-20-8-4-3-7-19(20)26/h3-12,21H,13-14H2,1-2H3,(H2,24,28). The summed E-state index contributed by atoms with van der Waals surface area (Å²) in [6.45, 7) is 4.73. The third-order valence-corrected chi connectivity index (χ3v) is 5.27. The Morgan fingerprint density at radius 1 is 1.20 bits per heavy atom. The third-order valence-electron chi connectivity index (χ3n) is 5.27. The summed E-state index contributed by atoms with van der Waals surface area (Å²) in [6, 6.07) is 12.9. The maximum Gasteiger partial charge on any atom is 0.260 e. The van der Waals surface area contributed by atoms with Crippen LogP contribution in [0.5, 0.6) is 5.75 Å². The van der Waals surface area contributed by atoms with Crippen LogP contribution in [0.4, 0.5) is 5.69 Å². The minimum Gasteiger partial charge on any atom is -0.477 e. The number of anilines is 1. The summed E-state index contributed by atoms with van der Waals surface area (Å²) in [6.07, 6.45) is 4.08. The summed E-state index contributed by atoms with van der Waals surface area (Å²) < 4.78 is 13.2. The monoisotopic (exact) mass is 405 g/mol. The van der Waals surface area contributed by atoms with Crippen LogP contribution in [0.2, 0.25) is 0 Å². The Morgan fingerprint density at radius 3 is 2.73 bits per heavy atom. The normalized spacial score (nSPS) is 15.8. The number of furan rings is 1. The van der Waals surface area contributed by atoms with E-state index in [1.807, 2.05) is 38.1 Å². The predicted molar refractivity (Wildman–Crippen MR) is 113 cm³/mol. The lowest BCUT2D eigenvalue weighted by Gasteiger charge is -2.32. The van der Waals surface area contributed by atoms with Crippen LogP contribution in [0.25, 0.3) is 6.08 Å². The number of primary amides is 1. The van der Waals surface area contributed by atoms with Crippen molar-refractivity contribution in [2.45, 2.75) is 26.5 Å². The van der Waals surface area contributed by atoms with E-state index in [1.54, 1.807) is 30.5 Å². The summed E-state index contributed by atoms with van der Waals surface area (Å²) in [7, 11) is 0. The molecular weight excluding hydrogens is 382 g/mol. The van der Waals surface area contributed by atoms with Gasteiger partial charge < -0.3 is 24.4 Å². The van der Waals surface area contributed by atoms with E-state index in [2.05, 4.69) is 4.57 Å². The smallest absolute Gasteiger partial charge is 0.260 e. The van der Waals surface area contributed by atoms with Gasteiger partial charge in [0.05, 0.1) is 25.0 Å². The van der Waals surface area contributed by atoms with Crippen LogP contribution in [0.1, 0.15) is 22.7 Å². The molecule has 0 fully saturated rings. The summed E-state index contributed by atoms with van der Waals surface area (Å²) in [5.41, 5.74) is 9.08. The number of nitrogens with zero attached hydrogens (tertiary/aromatic N) is 2. The molecule has 2 amide bonds. The van der Waals surface area contributed by atoms with Crippen LogP contribution in [-0.4, -0.2) is 29.0 Å². The summed E-state index contributed by atoms with van der Waals surface area (Å²) >= 11 is 0. The van der Waals surface area contributed by atoms with E-state index < -0.39 is 12.0 Å². The van der Waals surface area contributed by atoms with E-state index in [0.29, 0.717) is 18.0 Å². The van der Waals surface area contributed by atoms with Gasteiger partial charge in [-0.15, -0.1) is 0 Å². The molecule has 1 unspecified atom stereocenters. The van der Waals surface area contributed by atoms with E-state index in [9.17, 15) is 9.59 Å². The van der Waals surface area contributed by atoms with Gasteiger partial charge in [-0.1, -0.05) is 12.1 Å². The van der Waals surface area contributed by atoms with Gasteiger partial charge in [0.25, 0.3) is 11.8 Å². The predicted octanol–water partition coefficient (Wildman–Crippen LogP) is 3.04.